The molecule has 0 aliphatic carbocycles. The molecule has 0 spiro atoms. The summed E-state index contributed by atoms with van der Waals surface area (Å²) in [6, 6.07) is 0. The summed E-state index contributed by atoms with van der Waals surface area (Å²) in [5.41, 5.74) is 0. The fourth-order valence-corrected chi connectivity index (χ4v) is 1.19. The molecule has 11 heavy (non-hydrogen) atoms. The average molecular weight is 404 g/mol. The van der Waals surface area contributed by atoms with Crippen LogP contribution in [0.5, 0.6) is 0 Å². The van der Waals surface area contributed by atoms with Crippen molar-refractivity contribution in [2.75, 3.05) is 0 Å². The second-order valence-electron chi connectivity index (χ2n) is 3.14. The van der Waals surface area contributed by atoms with E-state index in [1.807, 2.05) is 0 Å². The number of hydrogen-bond donors (Lipinski definition) is 0. The zero-order valence-corrected chi connectivity index (χ0v) is 9.89. The van der Waals surface area contributed by atoms with Crippen LogP contribution >= 0.6 is 0 Å². The molecular formula is C9H18LrO-2. The van der Waals surface area contributed by atoms with Crippen LogP contribution in [0.15, 0.2) is 0 Å². The van der Waals surface area contributed by atoms with E-state index in [-0.39, 0.29) is 7.43 Å². The Kier molecular flexibility index (Phi) is 5.42. The molecule has 1 rings (SSSR count). The molecule has 1 nitrogen and oxygen atoms in total. The Morgan fingerprint density at radius 3 is 2.18 bits per heavy atom. The zero-order chi connectivity index (χ0) is 6.85. The van der Waals surface area contributed by atoms with Gasteiger partial charge in [0.2, 0.25) is 0 Å². The summed E-state index contributed by atoms with van der Waals surface area (Å²) in [6.45, 7) is 6.49. The molecule has 0 aromatic rings. The molecule has 0 amide bonds. The predicted molar refractivity (Wildman–Crippen MR) is 44.3 cm³/mol. The van der Waals surface area contributed by atoms with Gasteiger partial charge in [-0.3, -0.25) is 0 Å². The topological polar surface area (TPSA) is 9.23 Å². The van der Waals surface area contributed by atoms with Crippen LogP contribution in [0.4, 0.5) is 0 Å². The summed E-state index contributed by atoms with van der Waals surface area (Å²) >= 11 is 0. The van der Waals surface area contributed by atoms with Crippen molar-refractivity contribution in [3.63, 3.8) is 0 Å². The molecular weight excluding hydrogens is 386 g/mol. The van der Waals surface area contributed by atoms with Gasteiger partial charge in [0.25, 0.3) is 0 Å². The van der Waals surface area contributed by atoms with Gasteiger partial charge in [0.05, 0.1) is 0 Å². The normalized spacial score (nSPS) is 24.5. The number of ether oxygens (including phenoxy) is 1. The van der Waals surface area contributed by atoms with Crippen LogP contribution in [0.25, 0.3) is 0 Å². The van der Waals surface area contributed by atoms with Crippen molar-refractivity contribution in [2.24, 2.45) is 5.92 Å². The molecule has 0 aromatic carbocycles. The second-order valence-corrected chi connectivity index (χ2v) is 3.14. The summed E-state index contributed by atoms with van der Waals surface area (Å²) in [7, 11) is 0. The Hall–Kier alpha value is -1.04. The van der Waals surface area contributed by atoms with Crippen LogP contribution in [0.3, 0.4) is 0 Å². The van der Waals surface area contributed by atoms with Crippen LogP contribution in [-0.4, -0.2) is 6.10 Å². The molecule has 1 aliphatic heterocycles. The van der Waals surface area contributed by atoms with Crippen LogP contribution in [0.2, 0.25) is 0 Å². The van der Waals surface area contributed by atoms with E-state index >= 15 is 0 Å². The zero-order valence-electron chi connectivity index (χ0n) is 7.74. The molecule has 2 heteroatoms. The van der Waals surface area contributed by atoms with E-state index in [4.69, 9.17) is 4.74 Å². The first-order valence-corrected chi connectivity index (χ1v) is 3.69. The summed E-state index contributed by atoms with van der Waals surface area (Å²) < 4.78 is 5.54. The first-order chi connectivity index (χ1) is 4.20. The van der Waals surface area contributed by atoms with Gasteiger partial charge in [0, 0.05) is 6.10 Å². The van der Waals surface area contributed by atoms with Crippen molar-refractivity contribution in [2.45, 2.75) is 39.7 Å². The van der Waals surface area contributed by atoms with Gasteiger partial charge in [0.1, 0.15) is 0 Å². The third-order valence-corrected chi connectivity index (χ3v) is 1.88. The van der Waals surface area contributed by atoms with Crippen molar-refractivity contribution in [1.82, 2.24) is 0 Å². The van der Waals surface area contributed by atoms with Gasteiger partial charge in [-0.05, 0) is 5.92 Å². The molecule has 77 valence electrons. The third kappa shape index (κ3) is 3.03. The molecule has 1 saturated heterocycles. The maximum atomic E-state index is 5.54. The van der Waals surface area contributed by atoms with Crippen LogP contribution in [-0.2, 0) is 4.74 Å². The Bertz CT molecular complexity index is 93.6. The molecule has 1 unspecified atom stereocenters. The SMILES string of the molecule is C[C-]1CCC(C(C)C)O1.[CH3-].[Lr]. The van der Waals surface area contributed by atoms with Crippen molar-refractivity contribution in [3.05, 3.63) is 13.5 Å². The van der Waals surface area contributed by atoms with Gasteiger partial charge in [-0.15, -0.1) is 0 Å². The van der Waals surface area contributed by atoms with Crippen molar-refractivity contribution in [1.29, 1.82) is 0 Å². The molecule has 0 saturated carbocycles. The van der Waals surface area contributed by atoms with E-state index in [9.17, 15) is 0 Å². The van der Waals surface area contributed by atoms with Gasteiger partial charge >= 0.3 is 0 Å². The number of hydrogen-bond acceptors (Lipinski definition) is 1. The quantitative estimate of drug-likeness (QED) is 0.611. The summed E-state index contributed by atoms with van der Waals surface area (Å²) in [5.74, 6) is 0.683. The molecule has 0 N–H and O–H groups in total. The second kappa shape index (κ2) is 4.73. The van der Waals surface area contributed by atoms with E-state index in [1.54, 1.807) is 0 Å². The van der Waals surface area contributed by atoms with E-state index < -0.39 is 0 Å². The Morgan fingerprint density at radius 2 is 2.00 bits per heavy atom. The summed E-state index contributed by atoms with van der Waals surface area (Å²) in [5, 5.41) is 0. The van der Waals surface area contributed by atoms with Crippen LogP contribution in [0.1, 0.15) is 33.6 Å². The van der Waals surface area contributed by atoms with Gasteiger partial charge < -0.3 is 12.2 Å². The standard InChI is InChI=1S/C8H15O.CH3.Lr/c1-6(2)8-5-4-7(3)9-8;;/h6,8H,4-5H2,1-3H3;1H3;/q2*-1;. The van der Waals surface area contributed by atoms with E-state index in [0.29, 0.717) is 12.0 Å². The molecule has 0 bridgehead atoms. The fourth-order valence-electron chi connectivity index (χ4n) is 1.19. The molecule has 0 aromatic heterocycles. The predicted octanol–water partition coefficient (Wildman–Crippen LogP) is 2.82. The van der Waals surface area contributed by atoms with Crippen molar-refractivity contribution >= 4 is 0 Å². The fraction of sp³-hybridized carbons (Fsp3) is 0.778. The molecule has 1 fully saturated rings. The monoisotopic (exact) mass is 404 g/mol. The summed E-state index contributed by atoms with van der Waals surface area (Å²) in [6.07, 6.45) is 4.12. The minimum absolute atomic E-state index is 0. The molecule has 1 radical (unpaired) electrons. The van der Waals surface area contributed by atoms with Gasteiger partial charge in [-0.25, -0.2) is 0 Å². The first kappa shape index (κ1) is 12.6. The Balaban J connectivity index is 0. The molecule has 1 atom stereocenters. The van der Waals surface area contributed by atoms with Gasteiger partial charge in [-0.2, -0.15) is 19.4 Å². The Morgan fingerprint density at radius 1 is 1.45 bits per heavy atom. The smallest absolute Gasteiger partial charge is 0.0232 e. The van der Waals surface area contributed by atoms with Crippen molar-refractivity contribution < 1.29 is 4.74 Å². The maximum Gasteiger partial charge on any atom is 0.0232 e. The molecule has 1 aliphatic rings. The van der Waals surface area contributed by atoms with E-state index in [0.717, 1.165) is 0 Å². The third-order valence-electron chi connectivity index (χ3n) is 1.88. The summed E-state index contributed by atoms with van der Waals surface area (Å²) in [4.78, 5) is 0. The minimum Gasteiger partial charge on any atom is -0.547 e. The maximum absolute atomic E-state index is 5.54. The molecule has 1 heterocycles. The first-order valence-electron chi connectivity index (χ1n) is 3.69. The van der Waals surface area contributed by atoms with Crippen LogP contribution in [0, 0.1) is 19.4 Å². The average Bonchev–Trinajstić information content (AvgIpc) is 2.14. The number of rotatable bonds is 1. The van der Waals surface area contributed by atoms with Gasteiger partial charge in [0.15, 0.2) is 0 Å². The van der Waals surface area contributed by atoms with Crippen LogP contribution < -0.4 is 0 Å². The minimum atomic E-state index is 0. The largest absolute Gasteiger partial charge is 0.547 e. The Labute approximate surface area is 64.8 Å². The van der Waals surface area contributed by atoms with E-state index in [1.165, 1.54) is 18.9 Å². The van der Waals surface area contributed by atoms with Gasteiger partial charge in [-0.1, -0.05) is 20.3 Å². The van der Waals surface area contributed by atoms with Crippen molar-refractivity contribution in [3.8, 4) is 0 Å². The van der Waals surface area contributed by atoms with E-state index in [2.05, 4.69) is 20.8 Å².